The first-order valence-corrected chi connectivity index (χ1v) is 4.93. The van der Waals surface area contributed by atoms with Gasteiger partial charge in [0.05, 0.1) is 4.47 Å². The van der Waals surface area contributed by atoms with E-state index < -0.39 is 0 Å². The minimum absolute atomic E-state index is 0.102. The summed E-state index contributed by atoms with van der Waals surface area (Å²) in [5.41, 5.74) is 0.661. The Hall–Kier alpha value is -0.700. The Morgan fingerprint density at radius 2 is 2.08 bits per heavy atom. The standard InChI is InChI=1S/C10H8BrFO/c11-9-3-1-2-8(10(9)12)6-4-7(13)5-6/h1-3,6H,4-5H2. The third-order valence-electron chi connectivity index (χ3n) is 2.37. The van der Waals surface area contributed by atoms with E-state index in [4.69, 9.17) is 0 Å². The molecule has 68 valence electrons. The predicted octanol–water partition coefficient (Wildman–Crippen LogP) is 3.03. The minimum Gasteiger partial charge on any atom is -0.300 e. The number of ketones is 1. The first-order chi connectivity index (χ1) is 6.18. The summed E-state index contributed by atoms with van der Waals surface area (Å²) in [7, 11) is 0. The molecular formula is C10H8BrFO. The highest BCUT2D eigenvalue weighted by atomic mass is 79.9. The van der Waals surface area contributed by atoms with Crippen LogP contribution >= 0.6 is 15.9 Å². The van der Waals surface area contributed by atoms with Gasteiger partial charge in [-0.15, -0.1) is 0 Å². The average molecular weight is 243 g/mol. The Morgan fingerprint density at radius 3 is 2.69 bits per heavy atom. The number of benzene rings is 1. The summed E-state index contributed by atoms with van der Waals surface area (Å²) in [4.78, 5) is 10.7. The van der Waals surface area contributed by atoms with Crippen LogP contribution in [0, 0.1) is 5.82 Å². The van der Waals surface area contributed by atoms with Crippen LogP contribution in [0.15, 0.2) is 22.7 Å². The molecule has 0 bridgehead atoms. The van der Waals surface area contributed by atoms with Crippen LogP contribution in [0.3, 0.4) is 0 Å². The number of carbonyl (C=O) groups excluding carboxylic acids is 1. The number of Topliss-reactive ketones (excluding diaryl/α,β-unsaturated/α-hetero) is 1. The van der Waals surface area contributed by atoms with Gasteiger partial charge in [-0.3, -0.25) is 4.79 Å². The molecule has 0 spiro atoms. The molecule has 0 unspecified atom stereocenters. The molecule has 0 N–H and O–H groups in total. The van der Waals surface area contributed by atoms with Crippen LogP contribution in [0.5, 0.6) is 0 Å². The SMILES string of the molecule is O=C1CC(c2cccc(Br)c2F)C1. The van der Waals surface area contributed by atoms with Gasteiger partial charge in [0.15, 0.2) is 0 Å². The Kier molecular flexibility index (Phi) is 2.20. The summed E-state index contributed by atoms with van der Waals surface area (Å²) in [5, 5.41) is 0. The number of rotatable bonds is 1. The minimum atomic E-state index is -0.222. The fraction of sp³-hybridized carbons (Fsp3) is 0.300. The maximum Gasteiger partial charge on any atom is 0.140 e. The maximum absolute atomic E-state index is 13.4. The van der Waals surface area contributed by atoms with E-state index in [1.54, 1.807) is 18.2 Å². The molecule has 2 rings (SSSR count). The molecule has 1 aromatic carbocycles. The van der Waals surface area contributed by atoms with Crippen molar-refractivity contribution in [3.63, 3.8) is 0 Å². The average Bonchev–Trinajstić information content (AvgIpc) is 2.05. The lowest BCUT2D eigenvalue weighted by Gasteiger charge is -2.24. The Morgan fingerprint density at radius 1 is 1.38 bits per heavy atom. The summed E-state index contributed by atoms with van der Waals surface area (Å²) in [6.07, 6.45) is 0.987. The first-order valence-electron chi connectivity index (χ1n) is 4.14. The molecule has 1 aromatic rings. The monoisotopic (exact) mass is 242 g/mol. The number of hydrogen-bond acceptors (Lipinski definition) is 1. The summed E-state index contributed by atoms with van der Waals surface area (Å²) in [5.74, 6) is 0.106. The van der Waals surface area contributed by atoms with Gasteiger partial charge < -0.3 is 0 Å². The van der Waals surface area contributed by atoms with Gasteiger partial charge in [-0.25, -0.2) is 4.39 Å². The molecule has 0 saturated heterocycles. The number of carbonyl (C=O) groups is 1. The molecule has 0 radical (unpaired) electrons. The lowest BCUT2D eigenvalue weighted by atomic mass is 9.79. The maximum atomic E-state index is 13.4. The van der Waals surface area contributed by atoms with Crippen molar-refractivity contribution >= 4 is 21.7 Å². The Balaban J connectivity index is 2.30. The third kappa shape index (κ3) is 1.53. The zero-order valence-corrected chi connectivity index (χ0v) is 8.47. The molecule has 1 aliphatic rings. The van der Waals surface area contributed by atoms with Gasteiger partial charge in [-0.1, -0.05) is 12.1 Å². The van der Waals surface area contributed by atoms with Crippen LogP contribution in [0.25, 0.3) is 0 Å². The molecular weight excluding hydrogens is 235 g/mol. The topological polar surface area (TPSA) is 17.1 Å². The van der Waals surface area contributed by atoms with E-state index in [9.17, 15) is 9.18 Å². The summed E-state index contributed by atoms with van der Waals surface area (Å²) < 4.78 is 13.9. The highest BCUT2D eigenvalue weighted by Crippen LogP contribution is 2.36. The number of hydrogen-bond donors (Lipinski definition) is 0. The van der Waals surface area contributed by atoms with E-state index in [-0.39, 0.29) is 17.5 Å². The highest BCUT2D eigenvalue weighted by molar-refractivity contribution is 9.10. The van der Waals surface area contributed by atoms with Crippen LogP contribution in [0.1, 0.15) is 24.3 Å². The first kappa shape index (κ1) is 8.88. The van der Waals surface area contributed by atoms with E-state index in [1.165, 1.54) is 0 Å². The predicted molar refractivity (Wildman–Crippen MR) is 51.1 cm³/mol. The molecule has 0 atom stereocenters. The fourth-order valence-electron chi connectivity index (χ4n) is 1.55. The summed E-state index contributed by atoms with van der Waals surface area (Å²) in [6, 6.07) is 5.21. The van der Waals surface area contributed by atoms with E-state index in [0.717, 1.165) is 0 Å². The zero-order valence-electron chi connectivity index (χ0n) is 6.89. The van der Waals surface area contributed by atoms with Crippen molar-refractivity contribution < 1.29 is 9.18 Å². The van der Waals surface area contributed by atoms with Crippen molar-refractivity contribution in [2.24, 2.45) is 0 Å². The van der Waals surface area contributed by atoms with Gasteiger partial charge in [-0.2, -0.15) is 0 Å². The van der Waals surface area contributed by atoms with Gasteiger partial charge in [0.1, 0.15) is 11.6 Å². The van der Waals surface area contributed by atoms with Crippen LogP contribution in [-0.2, 0) is 4.79 Å². The van der Waals surface area contributed by atoms with Crippen molar-refractivity contribution in [1.29, 1.82) is 0 Å². The molecule has 1 aliphatic carbocycles. The molecule has 0 amide bonds. The quantitative estimate of drug-likeness (QED) is 0.740. The molecule has 1 fully saturated rings. The second kappa shape index (κ2) is 3.22. The van der Waals surface area contributed by atoms with Crippen molar-refractivity contribution in [2.45, 2.75) is 18.8 Å². The molecule has 0 aromatic heterocycles. The van der Waals surface area contributed by atoms with E-state index in [1.807, 2.05) is 0 Å². The second-order valence-corrected chi connectivity index (χ2v) is 4.14. The van der Waals surface area contributed by atoms with Gasteiger partial charge in [-0.05, 0) is 27.6 Å². The van der Waals surface area contributed by atoms with Crippen LogP contribution in [-0.4, -0.2) is 5.78 Å². The molecule has 0 aliphatic heterocycles. The Bertz CT molecular complexity index is 354. The lowest BCUT2D eigenvalue weighted by Crippen LogP contribution is -2.22. The van der Waals surface area contributed by atoms with Crippen molar-refractivity contribution in [3.8, 4) is 0 Å². The zero-order chi connectivity index (χ0) is 9.42. The molecule has 3 heteroatoms. The van der Waals surface area contributed by atoms with Crippen molar-refractivity contribution in [2.75, 3.05) is 0 Å². The third-order valence-corrected chi connectivity index (χ3v) is 2.98. The van der Waals surface area contributed by atoms with Crippen LogP contribution in [0.2, 0.25) is 0 Å². The van der Waals surface area contributed by atoms with Crippen molar-refractivity contribution in [3.05, 3.63) is 34.1 Å². The second-order valence-electron chi connectivity index (χ2n) is 3.29. The smallest absolute Gasteiger partial charge is 0.140 e. The van der Waals surface area contributed by atoms with Gasteiger partial charge in [0, 0.05) is 18.8 Å². The molecule has 0 heterocycles. The van der Waals surface area contributed by atoms with Crippen LogP contribution < -0.4 is 0 Å². The van der Waals surface area contributed by atoms with Gasteiger partial charge in [0.25, 0.3) is 0 Å². The largest absolute Gasteiger partial charge is 0.300 e. The van der Waals surface area contributed by atoms with E-state index >= 15 is 0 Å². The van der Waals surface area contributed by atoms with E-state index in [2.05, 4.69) is 15.9 Å². The number of halogens is 2. The fourth-order valence-corrected chi connectivity index (χ4v) is 1.93. The Labute approximate surface area is 84.1 Å². The lowest BCUT2D eigenvalue weighted by molar-refractivity contribution is -0.124. The van der Waals surface area contributed by atoms with Gasteiger partial charge >= 0.3 is 0 Å². The van der Waals surface area contributed by atoms with Crippen LogP contribution in [0.4, 0.5) is 4.39 Å². The highest BCUT2D eigenvalue weighted by Gasteiger charge is 2.30. The van der Waals surface area contributed by atoms with Crippen molar-refractivity contribution in [1.82, 2.24) is 0 Å². The van der Waals surface area contributed by atoms with Gasteiger partial charge in [0.2, 0.25) is 0 Å². The summed E-state index contributed by atoms with van der Waals surface area (Å²) >= 11 is 3.12. The molecule has 13 heavy (non-hydrogen) atoms. The summed E-state index contributed by atoms with van der Waals surface area (Å²) in [6.45, 7) is 0. The molecule has 1 nitrogen and oxygen atoms in total. The normalized spacial score (nSPS) is 17.2. The van der Waals surface area contributed by atoms with E-state index in [0.29, 0.717) is 22.9 Å². The molecule has 1 saturated carbocycles.